The van der Waals surface area contributed by atoms with Crippen LogP contribution in [0.15, 0.2) is 30.3 Å². The van der Waals surface area contributed by atoms with Gasteiger partial charge >= 0.3 is 0 Å². The zero-order valence-electron chi connectivity index (χ0n) is 16.4. The van der Waals surface area contributed by atoms with Crippen molar-refractivity contribution in [1.29, 1.82) is 0 Å². The van der Waals surface area contributed by atoms with Crippen molar-refractivity contribution in [3.05, 3.63) is 30.3 Å². The number of hydrogen-bond acceptors (Lipinski definition) is 2. The second kappa shape index (κ2) is 6.04. The highest BCUT2D eigenvalue weighted by Gasteiger charge is 2.69. The zero-order chi connectivity index (χ0) is 17.5. The second-order valence-electron chi connectivity index (χ2n) is 10.3. The van der Waals surface area contributed by atoms with Crippen LogP contribution in [0.1, 0.15) is 64.2 Å². The molecule has 3 heterocycles. The van der Waals surface area contributed by atoms with E-state index in [2.05, 4.69) is 39.7 Å². The lowest BCUT2D eigenvalue weighted by molar-refractivity contribution is 0.137. The maximum absolute atomic E-state index is 3.18. The van der Waals surface area contributed by atoms with Crippen LogP contribution in [-0.4, -0.2) is 33.5 Å². The molecule has 6 aliphatic rings. The van der Waals surface area contributed by atoms with E-state index in [4.69, 9.17) is 0 Å². The molecule has 3 heteroatoms. The van der Waals surface area contributed by atoms with Crippen LogP contribution in [0.5, 0.6) is 0 Å². The number of fused-ring (bicyclic) bond motifs is 6. The van der Waals surface area contributed by atoms with Crippen molar-refractivity contribution >= 4 is 13.5 Å². The van der Waals surface area contributed by atoms with Gasteiger partial charge in [-0.05, 0) is 62.2 Å². The lowest BCUT2D eigenvalue weighted by Gasteiger charge is -2.41. The van der Waals surface area contributed by atoms with Crippen LogP contribution in [0.2, 0.25) is 0 Å². The molecule has 3 saturated heterocycles. The molecule has 0 spiro atoms. The molecule has 0 amide bonds. The summed E-state index contributed by atoms with van der Waals surface area (Å²) in [4.78, 5) is 0. The first-order valence-electron chi connectivity index (χ1n) is 11.8. The Labute approximate surface area is 165 Å². The fraction of sp³-hybridized carbons (Fsp3) is 0.750. The lowest BCUT2D eigenvalue weighted by Crippen LogP contribution is -2.45. The van der Waals surface area contributed by atoms with Gasteiger partial charge in [-0.1, -0.05) is 56.0 Å². The van der Waals surface area contributed by atoms with Gasteiger partial charge in [0.15, 0.2) is 0 Å². The number of benzene rings is 1. The average Bonchev–Trinajstić information content (AvgIpc) is 3.36. The molecule has 7 rings (SSSR count). The fourth-order valence-corrected chi connectivity index (χ4v) is 12.2. The number of nitrogens with zero attached hydrogens (tertiary/aromatic N) is 2. The minimum Gasteiger partial charge on any atom is -0.258 e. The van der Waals surface area contributed by atoms with E-state index in [1.165, 1.54) is 51.4 Å². The van der Waals surface area contributed by atoms with Gasteiger partial charge in [-0.15, -0.1) is 0 Å². The second-order valence-corrected chi connectivity index (χ2v) is 12.3. The topological polar surface area (TPSA) is 6.48 Å². The van der Waals surface area contributed by atoms with Gasteiger partial charge in [-0.25, -0.2) is 0 Å². The Morgan fingerprint density at radius 1 is 0.593 bits per heavy atom. The zero-order valence-corrected chi connectivity index (χ0v) is 17.3. The van der Waals surface area contributed by atoms with Crippen LogP contribution in [0.25, 0.3) is 0 Å². The summed E-state index contributed by atoms with van der Waals surface area (Å²) in [6, 6.07) is 15.4. The molecule has 0 bridgehead atoms. The van der Waals surface area contributed by atoms with E-state index in [9.17, 15) is 0 Å². The maximum Gasteiger partial charge on any atom is 0.0736 e. The molecular weight excluding hydrogens is 347 g/mol. The molecule has 144 valence electrons. The summed E-state index contributed by atoms with van der Waals surface area (Å²) < 4.78 is 6.36. The summed E-state index contributed by atoms with van der Waals surface area (Å²) >= 11 is 0. The molecule has 3 saturated carbocycles. The van der Waals surface area contributed by atoms with Crippen LogP contribution in [0.4, 0.5) is 0 Å². The maximum atomic E-state index is 3.18. The average molecular weight is 381 g/mol. The van der Waals surface area contributed by atoms with Crippen LogP contribution < -0.4 is 5.30 Å². The van der Waals surface area contributed by atoms with Gasteiger partial charge in [0, 0.05) is 29.5 Å². The molecule has 0 N–H and O–H groups in total. The highest BCUT2D eigenvalue weighted by molar-refractivity contribution is 7.61. The van der Waals surface area contributed by atoms with Gasteiger partial charge in [0.05, 0.1) is 8.22 Å². The molecule has 1 aromatic rings. The smallest absolute Gasteiger partial charge is 0.0736 e. The Morgan fingerprint density at radius 2 is 1.11 bits per heavy atom. The van der Waals surface area contributed by atoms with E-state index in [1.807, 2.05) is 0 Å². The van der Waals surface area contributed by atoms with E-state index in [1.54, 1.807) is 18.1 Å². The van der Waals surface area contributed by atoms with E-state index < -0.39 is 0 Å². The quantitative estimate of drug-likeness (QED) is 0.622. The largest absolute Gasteiger partial charge is 0.258 e. The summed E-state index contributed by atoms with van der Waals surface area (Å²) in [6.07, 6.45) is 15.1. The van der Waals surface area contributed by atoms with Crippen molar-refractivity contribution in [3.63, 3.8) is 0 Å². The minimum atomic E-state index is -0.255. The predicted octanol–water partition coefficient (Wildman–Crippen LogP) is 5.15. The molecule has 8 atom stereocenters. The SMILES string of the molecule is c1ccc(P2N3C4CCCCC4C4CCC5C6CCCCC6N2C5C43)cc1. The van der Waals surface area contributed by atoms with Crippen LogP contribution in [0.3, 0.4) is 0 Å². The highest BCUT2D eigenvalue weighted by atomic mass is 31.1. The van der Waals surface area contributed by atoms with Crippen molar-refractivity contribution < 1.29 is 0 Å². The first kappa shape index (κ1) is 16.4. The van der Waals surface area contributed by atoms with Gasteiger partial charge in [-0.3, -0.25) is 9.34 Å². The standard InChI is InChI=1S/C24H33N2P/c1-2-8-16(9-3-1)27-25-21-12-6-4-10-17(21)19-14-15-20-18-11-5-7-13-22(18)26(27)24(20)23(19)25/h1-3,8-9,17-24H,4-7,10-15H2. The van der Waals surface area contributed by atoms with Gasteiger partial charge in [-0.2, -0.15) is 0 Å². The van der Waals surface area contributed by atoms with E-state index >= 15 is 0 Å². The molecule has 8 unspecified atom stereocenters. The van der Waals surface area contributed by atoms with Crippen LogP contribution in [0, 0.1) is 23.7 Å². The van der Waals surface area contributed by atoms with Crippen LogP contribution in [-0.2, 0) is 0 Å². The predicted molar refractivity (Wildman–Crippen MR) is 112 cm³/mol. The third-order valence-corrected chi connectivity index (χ3v) is 12.2. The number of rotatable bonds is 1. The molecule has 3 aliphatic heterocycles. The third kappa shape index (κ3) is 2.08. The Bertz CT molecular complexity index is 680. The Balaban J connectivity index is 1.39. The summed E-state index contributed by atoms with van der Waals surface area (Å²) in [5, 5.41) is 1.66. The van der Waals surface area contributed by atoms with E-state index in [-0.39, 0.29) is 8.22 Å². The molecule has 2 nitrogen and oxygen atoms in total. The van der Waals surface area contributed by atoms with E-state index in [0.29, 0.717) is 0 Å². The van der Waals surface area contributed by atoms with Crippen molar-refractivity contribution in [3.8, 4) is 0 Å². The molecule has 0 aromatic heterocycles. The Kier molecular flexibility index (Phi) is 3.66. The minimum absolute atomic E-state index is 0.255. The summed E-state index contributed by atoms with van der Waals surface area (Å²) in [5.41, 5.74) is 0. The van der Waals surface area contributed by atoms with Crippen molar-refractivity contribution in [2.24, 2.45) is 23.7 Å². The monoisotopic (exact) mass is 380 g/mol. The van der Waals surface area contributed by atoms with Crippen molar-refractivity contribution in [1.82, 2.24) is 9.34 Å². The van der Waals surface area contributed by atoms with Crippen molar-refractivity contribution in [2.45, 2.75) is 88.4 Å². The van der Waals surface area contributed by atoms with Gasteiger partial charge in [0.2, 0.25) is 0 Å². The van der Waals surface area contributed by atoms with Crippen molar-refractivity contribution in [2.75, 3.05) is 0 Å². The first-order chi connectivity index (χ1) is 13.4. The molecular formula is C24H33N2P. The third-order valence-electron chi connectivity index (χ3n) is 9.44. The molecule has 1 aromatic carbocycles. The molecule has 3 aliphatic carbocycles. The van der Waals surface area contributed by atoms with E-state index in [0.717, 1.165) is 47.8 Å². The molecule has 27 heavy (non-hydrogen) atoms. The summed E-state index contributed by atoms with van der Waals surface area (Å²) in [6.45, 7) is 0. The molecule has 6 fully saturated rings. The van der Waals surface area contributed by atoms with Gasteiger partial charge < -0.3 is 0 Å². The van der Waals surface area contributed by atoms with Crippen LogP contribution >= 0.6 is 8.22 Å². The van der Waals surface area contributed by atoms with Gasteiger partial charge in [0.25, 0.3) is 0 Å². The Morgan fingerprint density at radius 3 is 1.67 bits per heavy atom. The number of hydrogen-bond donors (Lipinski definition) is 0. The Hall–Kier alpha value is -0.430. The molecule has 0 radical (unpaired) electrons. The first-order valence-corrected chi connectivity index (χ1v) is 13.1. The highest BCUT2D eigenvalue weighted by Crippen LogP contribution is 2.72. The van der Waals surface area contributed by atoms with Gasteiger partial charge in [0.1, 0.15) is 0 Å². The lowest BCUT2D eigenvalue weighted by atomic mass is 9.66. The summed E-state index contributed by atoms with van der Waals surface area (Å²) in [7, 11) is -0.255. The normalized spacial score (nSPS) is 51.0. The fourth-order valence-electron chi connectivity index (χ4n) is 8.73. The summed E-state index contributed by atoms with van der Waals surface area (Å²) in [5.74, 6) is 4.11.